The first-order valence-corrected chi connectivity index (χ1v) is 8.77. The summed E-state index contributed by atoms with van der Waals surface area (Å²) in [7, 11) is -3.45. The highest BCUT2D eigenvalue weighted by atomic mass is 32.2. The summed E-state index contributed by atoms with van der Waals surface area (Å²) in [6, 6.07) is 18.1. The van der Waals surface area contributed by atoms with Crippen LogP contribution >= 0.6 is 0 Å². The van der Waals surface area contributed by atoms with Crippen molar-refractivity contribution in [3.63, 3.8) is 0 Å². The molecule has 0 aliphatic heterocycles. The topological polar surface area (TPSA) is 64.0 Å². The largest absolute Gasteiger partial charge is 0.241 e. The Bertz CT molecular complexity index is 859. The molecule has 1 N–H and O–H groups in total. The molecule has 23 heavy (non-hydrogen) atoms. The maximum Gasteiger partial charge on any atom is 0.240 e. The molecule has 118 valence electrons. The van der Waals surface area contributed by atoms with Gasteiger partial charge in [0.05, 0.1) is 16.8 Å². The van der Waals surface area contributed by atoms with Gasteiger partial charge in [-0.25, -0.2) is 17.8 Å². The van der Waals surface area contributed by atoms with Crippen LogP contribution in [-0.4, -0.2) is 24.7 Å². The maximum atomic E-state index is 12.1. The van der Waals surface area contributed by atoms with Crippen LogP contribution in [0.1, 0.15) is 5.56 Å². The summed E-state index contributed by atoms with van der Waals surface area (Å²) in [5.74, 6) is 0. The maximum absolute atomic E-state index is 12.1. The number of aromatic nitrogens is 2. The fourth-order valence-corrected chi connectivity index (χ4v) is 3.28. The fraction of sp³-hybridized carbons (Fsp3) is 0.118. The Morgan fingerprint density at radius 2 is 1.61 bits per heavy atom. The van der Waals surface area contributed by atoms with Crippen LogP contribution in [0.25, 0.3) is 5.69 Å². The zero-order valence-electron chi connectivity index (χ0n) is 12.5. The first-order valence-electron chi connectivity index (χ1n) is 7.29. The molecule has 0 atom stereocenters. The molecule has 2 aromatic carbocycles. The second-order valence-corrected chi connectivity index (χ2v) is 6.86. The van der Waals surface area contributed by atoms with E-state index in [-0.39, 0.29) is 4.90 Å². The third kappa shape index (κ3) is 3.85. The van der Waals surface area contributed by atoms with Crippen molar-refractivity contribution in [2.75, 3.05) is 6.54 Å². The van der Waals surface area contributed by atoms with Crippen molar-refractivity contribution in [1.29, 1.82) is 0 Å². The van der Waals surface area contributed by atoms with Crippen molar-refractivity contribution in [3.8, 4) is 5.69 Å². The molecular weight excluding hydrogens is 310 g/mol. The van der Waals surface area contributed by atoms with Gasteiger partial charge in [0, 0.05) is 12.7 Å². The van der Waals surface area contributed by atoms with E-state index in [9.17, 15) is 8.42 Å². The van der Waals surface area contributed by atoms with Crippen LogP contribution in [-0.2, 0) is 16.4 Å². The summed E-state index contributed by atoms with van der Waals surface area (Å²) in [6.45, 7) is 0.331. The van der Waals surface area contributed by atoms with Crippen molar-refractivity contribution in [2.24, 2.45) is 0 Å². The molecule has 0 amide bonds. The van der Waals surface area contributed by atoms with Gasteiger partial charge in [-0.2, -0.15) is 5.10 Å². The van der Waals surface area contributed by atoms with Crippen LogP contribution in [0.15, 0.2) is 78.0 Å². The average Bonchev–Trinajstić information content (AvgIpc) is 3.05. The van der Waals surface area contributed by atoms with Gasteiger partial charge in [-0.1, -0.05) is 36.4 Å². The zero-order valence-corrected chi connectivity index (χ0v) is 13.3. The molecule has 3 aromatic rings. The quantitative estimate of drug-likeness (QED) is 0.756. The van der Waals surface area contributed by atoms with Crippen LogP contribution in [0.2, 0.25) is 0 Å². The molecule has 1 heterocycles. The fourth-order valence-electron chi connectivity index (χ4n) is 2.22. The van der Waals surface area contributed by atoms with E-state index in [2.05, 4.69) is 9.82 Å². The summed E-state index contributed by atoms with van der Waals surface area (Å²) in [4.78, 5) is 0.278. The number of nitrogens with zero attached hydrogens (tertiary/aromatic N) is 2. The van der Waals surface area contributed by atoms with Gasteiger partial charge in [-0.3, -0.25) is 0 Å². The van der Waals surface area contributed by atoms with E-state index >= 15 is 0 Å². The Morgan fingerprint density at radius 3 is 2.30 bits per heavy atom. The predicted octanol–water partition coefficient (Wildman–Crippen LogP) is 2.39. The van der Waals surface area contributed by atoms with Crippen molar-refractivity contribution in [3.05, 3.63) is 78.6 Å². The molecular formula is C17H17N3O2S. The van der Waals surface area contributed by atoms with E-state index in [1.165, 1.54) is 0 Å². The molecule has 1 aromatic heterocycles. The van der Waals surface area contributed by atoms with Gasteiger partial charge in [-0.05, 0) is 36.2 Å². The molecule has 0 radical (unpaired) electrons. The molecule has 0 aliphatic carbocycles. The Balaban J connectivity index is 1.61. The van der Waals surface area contributed by atoms with Crippen molar-refractivity contribution in [1.82, 2.24) is 14.5 Å². The molecule has 5 nitrogen and oxygen atoms in total. The van der Waals surface area contributed by atoms with E-state index in [1.54, 1.807) is 41.2 Å². The smallest absolute Gasteiger partial charge is 0.240 e. The Labute approximate surface area is 135 Å². The van der Waals surface area contributed by atoms with Gasteiger partial charge in [0.15, 0.2) is 0 Å². The van der Waals surface area contributed by atoms with Gasteiger partial charge in [0.2, 0.25) is 10.0 Å². The number of rotatable bonds is 6. The highest BCUT2D eigenvalue weighted by Gasteiger charge is 2.12. The van der Waals surface area contributed by atoms with E-state index in [4.69, 9.17) is 0 Å². The highest BCUT2D eigenvalue weighted by Crippen LogP contribution is 2.09. The molecule has 0 fully saturated rings. The summed E-state index contributed by atoms with van der Waals surface area (Å²) in [6.07, 6.45) is 4.24. The second kappa shape index (κ2) is 6.76. The van der Waals surface area contributed by atoms with Gasteiger partial charge in [0.25, 0.3) is 0 Å². The Kier molecular flexibility index (Phi) is 4.55. The molecule has 0 aliphatic rings. The molecule has 0 saturated heterocycles. The molecule has 0 spiro atoms. The van der Waals surface area contributed by atoms with Crippen LogP contribution in [0.5, 0.6) is 0 Å². The van der Waals surface area contributed by atoms with E-state index < -0.39 is 10.0 Å². The normalized spacial score (nSPS) is 11.5. The summed E-state index contributed by atoms with van der Waals surface area (Å²) in [5, 5.41) is 4.30. The average molecular weight is 327 g/mol. The lowest BCUT2D eigenvalue weighted by atomic mass is 10.2. The first-order chi connectivity index (χ1) is 11.1. The zero-order chi connectivity index (χ0) is 16.1. The summed E-state index contributed by atoms with van der Waals surface area (Å²) in [5.41, 5.74) is 1.95. The third-order valence-electron chi connectivity index (χ3n) is 3.42. The molecule has 0 saturated carbocycles. The van der Waals surface area contributed by atoms with E-state index in [0.29, 0.717) is 13.0 Å². The van der Waals surface area contributed by atoms with Gasteiger partial charge < -0.3 is 0 Å². The summed E-state index contributed by atoms with van der Waals surface area (Å²) < 4.78 is 28.6. The number of hydrogen-bond acceptors (Lipinski definition) is 3. The van der Waals surface area contributed by atoms with Crippen molar-refractivity contribution >= 4 is 10.0 Å². The number of nitrogens with one attached hydrogen (secondary N) is 1. The first kappa shape index (κ1) is 15.5. The molecule has 0 unspecified atom stereocenters. The van der Waals surface area contributed by atoms with Crippen LogP contribution in [0.3, 0.4) is 0 Å². The minimum atomic E-state index is -3.45. The molecule has 3 rings (SSSR count). The standard InChI is InChI=1S/C17H17N3O2S/c21-23(22,17-9-5-2-6-10-17)19-12-11-15-13-18-20(14-15)16-7-3-1-4-8-16/h1-10,13-14,19H,11-12H2. The van der Waals surface area contributed by atoms with Crippen molar-refractivity contribution in [2.45, 2.75) is 11.3 Å². The molecule has 0 bridgehead atoms. The van der Waals surface area contributed by atoms with Gasteiger partial charge in [0.1, 0.15) is 0 Å². The lowest BCUT2D eigenvalue weighted by Gasteiger charge is -2.05. The van der Waals surface area contributed by atoms with Crippen LogP contribution < -0.4 is 4.72 Å². The Hall–Kier alpha value is -2.44. The van der Waals surface area contributed by atoms with Gasteiger partial charge in [-0.15, -0.1) is 0 Å². The lowest BCUT2D eigenvalue weighted by Crippen LogP contribution is -2.25. The predicted molar refractivity (Wildman–Crippen MR) is 88.9 cm³/mol. The molecule has 6 heteroatoms. The van der Waals surface area contributed by atoms with Crippen molar-refractivity contribution < 1.29 is 8.42 Å². The number of para-hydroxylation sites is 1. The third-order valence-corrected chi connectivity index (χ3v) is 4.89. The van der Waals surface area contributed by atoms with Crippen LogP contribution in [0, 0.1) is 0 Å². The second-order valence-electron chi connectivity index (χ2n) is 5.09. The monoisotopic (exact) mass is 327 g/mol. The van der Waals surface area contributed by atoms with Crippen LogP contribution in [0.4, 0.5) is 0 Å². The van der Waals surface area contributed by atoms with E-state index in [0.717, 1.165) is 11.3 Å². The summed E-state index contributed by atoms with van der Waals surface area (Å²) >= 11 is 0. The van der Waals surface area contributed by atoms with Gasteiger partial charge >= 0.3 is 0 Å². The lowest BCUT2D eigenvalue weighted by molar-refractivity contribution is 0.581. The Morgan fingerprint density at radius 1 is 0.957 bits per heavy atom. The minimum Gasteiger partial charge on any atom is -0.241 e. The minimum absolute atomic E-state index is 0.278. The van der Waals surface area contributed by atoms with E-state index in [1.807, 2.05) is 36.5 Å². The number of sulfonamides is 1. The SMILES string of the molecule is O=S(=O)(NCCc1cnn(-c2ccccc2)c1)c1ccccc1. The number of hydrogen-bond donors (Lipinski definition) is 1. The number of benzene rings is 2. The highest BCUT2D eigenvalue weighted by molar-refractivity contribution is 7.89.